The molecule has 4 nitrogen and oxygen atoms in total. The summed E-state index contributed by atoms with van der Waals surface area (Å²) in [5, 5.41) is 0. The highest BCUT2D eigenvalue weighted by Crippen LogP contribution is 2.30. The average Bonchev–Trinajstić information content (AvgIpc) is 2.81. The molecule has 2 heterocycles. The number of hydrogen-bond donors (Lipinski definition) is 0. The normalized spacial score (nSPS) is 11.9. The number of nitrogens with zero attached hydrogens (tertiary/aromatic N) is 3. The monoisotopic (exact) mass is 319 g/mol. The first-order valence-corrected chi connectivity index (χ1v) is 6.82. The Balaban J connectivity index is 2.19. The Morgan fingerprint density at radius 1 is 1.04 bits per heavy atom. The maximum Gasteiger partial charge on any atom is 0.433 e. The zero-order chi connectivity index (χ0) is 16.8. The van der Waals surface area contributed by atoms with E-state index in [2.05, 4.69) is 9.97 Å². The van der Waals surface area contributed by atoms with Crippen molar-refractivity contribution in [3.05, 3.63) is 53.5 Å². The summed E-state index contributed by atoms with van der Waals surface area (Å²) >= 11 is 0. The van der Waals surface area contributed by atoms with Crippen molar-refractivity contribution in [2.45, 2.75) is 20.0 Å². The lowest BCUT2D eigenvalue weighted by Crippen LogP contribution is -2.08. The summed E-state index contributed by atoms with van der Waals surface area (Å²) in [7, 11) is 0. The third-order valence-corrected chi connectivity index (χ3v) is 3.49. The van der Waals surface area contributed by atoms with Crippen molar-refractivity contribution in [2.24, 2.45) is 0 Å². The van der Waals surface area contributed by atoms with Gasteiger partial charge in [0.25, 0.3) is 0 Å². The van der Waals surface area contributed by atoms with E-state index < -0.39 is 11.9 Å². The number of pyridine rings is 1. The first kappa shape index (κ1) is 15.2. The van der Waals surface area contributed by atoms with Gasteiger partial charge in [-0.1, -0.05) is 0 Å². The molecule has 0 unspecified atom stereocenters. The van der Waals surface area contributed by atoms with E-state index in [-0.39, 0.29) is 11.4 Å². The highest BCUT2D eigenvalue weighted by Gasteiger charge is 2.33. The Hall–Kier alpha value is -2.70. The van der Waals surface area contributed by atoms with E-state index in [9.17, 15) is 18.0 Å². The van der Waals surface area contributed by atoms with E-state index in [4.69, 9.17) is 0 Å². The number of carbonyl (C=O) groups excluding carboxylic acids is 1. The van der Waals surface area contributed by atoms with Crippen LogP contribution in [0.3, 0.4) is 0 Å². The summed E-state index contributed by atoms with van der Waals surface area (Å²) in [5.41, 5.74) is 0.673. The van der Waals surface area contributed by atoms with E-state index >= 15 is 0 Å². The quantitative estimate of drug-likeness (QED) is 0.672. The number of rotatable bonds is 2. The number of fused-ring (bicyclic) bond motifs is 1. The maximum atomic E-state index is 12.9. The molecule has 0 aliphatic rings. The minimum Gasteiger partial charge on any atom is -0.295 e. The molecule has 3 aromatic rings. The number of ketones is 1. The van der Waals surface area contributed by atoms with Crippen LogP contribution in [0.25, 0.3) is 16.9 Å². The van der Waals surface area contributed by atoms with Crippen LogP contribution >= 0.6 is 0 Å². The van der Waals surface area contributed by atoms with Crippen LogP contribution in [0.5, 0.6) is 0 Å². The van der Waals surface area contributed by atoms with Gasteiger partial charge in [-0.05, 0) is 50.2 Å². The largest absolute Gasteiger partial charge is 0.433 e. The Kier molecular flexibility index (Phi) is 3.43. The number of alkyl halides is 3. The van der Waals surface area contributed by atoms with Gasteiger partial charge in [-0.15, -0.1) is 0 Å². The van der Waals surface area contributed by atoms with Crippen molar-refractivity contribution in [3.8, 4) is 5.69 Å². The number of hydrogen-bond acceptors (Lipinski definition) is 3. The molecule has 0 aliphatic carbocycles. The van der Waals surface area contributed by atoms with Crippen LogP contribution in [0.2, 0.25) is 0 Å². The second-order valence-corrected chi connectivity index (χ2v) is 5.13. The SMILES string of the molecule is CC(=O)c1ccc(-n2c(C)nc3ccc(C(F)(F)F)nc32)cc1. The van der Waals surface area contributed by atoms with Crippen LogP contribution in [0, 0.1) is 6.92 Å². The Labute approximate surface area is 129 Å². The van der Waals surface area contributed by atoms with Gasteiger partial charge in [0.15, 0.2) is 11.4 Å². The summed E-state index contributed by atoms with van der Waals surface area (Å²) in [6.07, 6.45) is -4.52. The smallest absolute Gasteiger partial charge is 0.295 e. The Bertz CT molecular complexity index is 895. The summed E-state index contributed by atoms with van der Waals surface area (Å²) in [5.74, 6) is 0.434. The van der Waals surface area contributed by atoms with E-state index in [0.717, 1.165) is 6.07 Å². The zero-order valence-electron chi connectivity index (χ0n) is 12.3. The predicted octanol–water partition coefficient (Wildman–Crippen LogP) is 3.95. The summed E-state index contributed by atoms with van der Waals surface area (Å²) in [6.45, 7) is 3.14. The van der Waals surface area contributed by atoms with Gasteiger partial charge in [0.05, 0.1) is 0 Å². The van der Waals surface area contributed by atoms with Crippen LogP contribution in [0.15, 0.2) is 36.4 Å². The molecule has 0 radical (unpaired) electrons. The topological polar surface area (TPSA) is 47.8 Å². The van der Waals surface area contributed by atoms with Crippen molar-refractivity contribution in [1.29, 1.82) is 0 Å². The first-order chi connectivity index (χ1) is 10.8. The molecule has 0 N–H and O–H groups in total. The summed E-state index contributed by atoms with van der Waals surface area (Å²) < 4.78 is 40.1. The molecule has 23 heavy (non-hydrogen) atoms. The molecule has 118 valence electrons. The molecule has 3 rings (SSSR count). The molecule has 0 bridgehead atoms. The van der Waals surface area contributed by atoms with E-state index in [1.165, 1.54) is 17.6 Å². The van der Waals surface area contributed by atoms with E-state index in [0.29, 0.717) is 22.6 Å². The molecule has 2 aromatic heterocycles. The van der Waals surface area contributed by atoms with Crippen LogP contribution in [0.1, 0.15) is 28.8 Å². The van der Waals surface area contributed by atoms with Crippen LogP contribution in [-0.2, 0) is 6.18 Å². The molecule has 0 aliphatic heterocycles. The van der Waals surface area contributed by atoms with Gasteiger partial charge in [0.2, 0.25) is 0 Å². The fourth-order valence-electron chi connectivity index (χ4n) is 2.38. The minimum absolute atomic E-state index is 0.0822. The van der Waals surface area contributed by atoms with Crippen molar-refractivity contribution >= 4 is 16.9 Å². The maximum absolute atomic E-state index is 12.9. The molecule has 0 atom stereocenters. The van der Waals surface area contributed by atoms with Gasteiger partial charge in [-0.2, -0.15) is 13.2 Å². The lowest BCUT2D eigenvalue weighted by Gasteiger charge is -2.09. The molecule has 0 fully saturated rings. The number of halogens is 3. The molecule has 1 aromatic carbocycles. The number of aromatic nitrogens is 3. The standard InChI is InChI=1S/C16H12F3N3O/c1-9(23)11-3-5-12(6-4-11)22-10(2)20-13-7-8-14(16(17,18)19)21-15(13)22/h3-8H,1-2H3. The second kappa shape index (κ2) is 5.19. The lowest BCUT2D eigenvalue weighted by atomic mass is 10.1. The number of benzene rings is 1. The second-order valence-electron chi connectivity index (χ2n) is 5.13. The number of Topliss-reactive ketones (excluding diaryl/α,β-unsaturated/α-hetero) is 1. The molecule has 0 spiro atoms. The first-order valence-electron chi connectivity index (χ1n) is 6.82. The third-order valence-electron chi connectivity index (χ3n) is 3.49. The van der Waals surface area contributed by atoms with Gasteiger partial charge >= 0.3 is 6.18 Å². The summed E-state index contributed by atoms with van der Waals surface area (Å²) in [4.78, 5) is 19.3. The lowest BCUT2D eigenvalue weighted by molar-refractivity contribution is -0.141. The van der Waals surface area contributed by atoms with E-state index in [1.807, 2.05) is 0 Å². The molecule has 0 amide bonds. The number of aryl methyl sites for hydroxylation is 1. The summed E-state index contributed by atoms with van der Waals surface area (Å²) in [6, 6.07) is 8.78. The van der Waals surface area contributed by atoms with Gasteiger partial charge in [-0.25, -0.2) is 9.97 Å². The zero-order valence-corrected chi connectivity index (χ0v) is 12.3. The molecule has 0 saturated carbocycles. The number of imidazole rings is 1. The molecule has 7 heteroatoms. The van der Waals surface area contributed by atoms with Crippen LogP contribution < -0.4 is 0 Å². The van der Waals surface area contributed by atoms with E-state index in [1.54, 1.807) is 31.2 Å². The molecule has 0 saturated heterocycles. The predicted molar refractivity (Wildman–Crippen MR) is 78.6 cm³/mol. The Morgan fingerprint density at radius 3 is 2.26 bits per heavy atom. The van der Waals surface area contributed by atoms with Gasteiger partial charge in [-0.3, -0.25) is 9.36 Å². The molecular weight excluding hydrogens is 307 g/mol. The Morgan fingerprint density at radius 2 is 1.70 bits per heavy atom. The third kappa shape index (κ3) is 2.69. The number of carbonyl (C=O) groups is 1. The van der Waals surface area contributed by atoms with Crippen LogP contribution in [0.4, 0.5) is 13.2 Å². The minimum atomic E-state index is -4.52. The van der Waals surface area contributed by atoms with Gasteiger partial charge in [0, 0.05) is 11.3 Å². The van der Waals surface area contributed by atoms with Gasteiger partial charge < -0.3 is 0 Å². The highest BCUT2D eigenvalue weighted by molar-refractivity contribution is 5.94. The average molecular weight is 319 g/mol. The highest BCUT2D eigenvalue weighted by atomic mass is 19.4. The van der Waals surface area contributed by atoms with Crippen molar-refractivity contribution in [1.82, 2.24) is 14.5 Å². The van der Waals surface area contributed by atoms with Crippen molar-refractivity contribution in [2.75, 3.05) is 0 Å². The molecular formula is C16H12F3N3O. The fraction of sp³-hybridized carbons (Fsp3) is 0.188. The van der Waals surface area contributed by atoms with Crippen LogP contribution in [-0.4, -0.2) is 20.3 Å². The van der Waals surface area contributed by atoms with Crippen molar-refractivity contribution < 1.29 is 18.0 Å². The van der Waals surface area contributed by atoms with Gasteiger partial charge in [0.1, 0.15) is 17.0 Å². The van der Waals surface area contributed by atoms with Crippen molar-refractivity contribution in [3.63, 3.8) is 0 Å². The fourth-order valence-corrected chi connectivity index (χ4v) is 2.38.